The van der Waals surface area contributed by atoms with Gasteiger partial charge in [0.05, 0.1) is 0 Å². The number of furan rings is 2. The molecule has 0 bridgehead atoms. The molecule has 2 heterocycles. The molecule has 24 aromatic carbocycles. The lowest BCUT2D eigenvalue weighted by Gasteiger charge is -2.16. The molecule has 2 aromatic heterocycles. The third-order valence-corrected chi connectivity index (χ3v) is 28.1. The summed E-state index contributed by atoms with van der Waals surface area (Å²) in [7, 11) is 0. The van der Waals surface area contributed by atoms with E-state index in [0.717, 1.165) is 66.1 Å². The maximum Gasteiger partial charge on any atom is 0.143 e. The van der Waals surface area contributed by atoms with Crippen LogP contribution in [0.15, 0.2) is 482 Å². The zero-order chi connectivity index (χ0) is 86.6. The van der Waals surface area contributed by atoms with Crippen molar-refractivity contribution in [1.29, 1.82) is 0 Å². The summed E-state index contributed by atoms with van der Waals surface area (Å²) in [6.07, 6.45) is 0. The van der Waals surface area contributed by atoms with Crippen molar-refractivity contribution >= 4 is 119 Å². The second-order valence-electron chi connectivity index (χ2n) is 35.4. The van der Waals surface area contributed by atoms with Crippen molar-refractivity contribution in [3.8, 4) is 167 Å². The van der Waals surface area contributed by atoms with E-state index in [9.17, 15) is 0 Å². The quantitative estimate of drug-likeness (QED) is 0.135. The first-order chi connectivity index (χ1) is 65.4. The van der Waals surface area contributed by atoms with Gasteiger partial charge in [0.25, 0.3) is 0 Å². The lowest BCUT2D eigenvalue weighted by Crippen LogP contribution is -1.89. The molecule has 3 aliphatic rings. The first-order valence-corrected chi connectivity index (χ1v) is 45.6. The third kappa shape index (κ3) is 12.1. The maximum atomic E-state index is 6.71. The van der Waals surface area contributed by atoms with E-state index >= 15 is 0 Å². The van der Waals surface area contributed by atoms with Crippen LogP contribution in [0.1, 0.15) is 0 Å². The summed E-state index contributed by atoms with van der Waals surface area (Å²) in [5, 5.41) is 22.9. The average Bonchev–Trinajstić information content (AvgIpc) is 1.51. The molecule has 0 fully saturated rings. The van der Waals surface area contributed by atoms with Gasteiger partial charge in [-0.3, -0.25) is 0 Å². The minimum Gasteiger partial charge on any atom is -0.456 e. The number of para-hydroxylation sites is 2. The highest BCUT2D eigenvalue weighted by atomic mass is 16.3. The van der Waals surface area contributed by atoms with Crippen LogP contribution in [0.3, 0.4) is 0 Å². The van der Waals surface area contributed by atoms with Crippen LogP contribution < -0.4 is 0 Å². The fourth-order valence-corrected chi connectivity index (χ4v) is 22.1. The number of hydrogen-bond donors (Lipinski definition) is 0. The summed E-state index contributed by atoms with van der Waals surface area (Å²) >= 11 is 0. The second kappa shape index (κ2) is 30.2. The van der Waals surface area contributed by atoms with Crippen molar-refractivity contribution in [2.24, 2.45) is 0 Å². The van der Waals surface area contributed by atoms with E-state index in [1.54, 1.807) is 0 Å². The Bertz CT molecular complexity index is 9340. The van der Waals surface area contributed by atoms with E-state index in [-0.39, 0.29) is 0 Å². The third-order valence-electron chi connectivity index (χ3n) is 28.1. The van der Waals surface area contributed by atoms with Gasteiger partial charge in [-0.2, -0.15) is 0 Å². The van der Waals surface area contributed by atoms with Gasteiger partial charge >= 0.3 is 0 Å². The topological polar surface area (TPSA) is 26.3 Å². The molecule has 29 rings (SSSR count). The highest BCUT2D eigenvalue weighted by Gasteiger charge is 2.28. The molecule has 0 unspecified atom stereocenters. The molecule has 0 saturated heterocycles. The van der Waals surface area contributed by atoms with Crippen LogP contribution in [0, 0.1) is 0 Å². The fourth-order valence-electron chi connectivity index (χ4n) is 22.1. The lowest BCUT2D eigenvalue weighted by molar-refractivity contribution is 0.669. The SMILES string of the molecule is c1cc(-c2cccc(-c3cc4c5ccccc5c5ccccc5c4c4ccccc34)c2)cc(-c2cc3c4c(cccc4c2)-c2ccccc2-3)c1.c1ccc(-c2ccc3oc4ccc(-c5cccc(-c6cc7c8c(cccc8c6)-c6ccccc6-7)c5)cc4c3c2)cc1.c1ccc(-c2cccc3c2oc2c(-c4cccc(-c5cc6c7c(cccc7c5)-c5ccccc5-6)c4)cccc23)cc1. The van der Waals surface area contributed by atoms with Gasteiger partial charge in [0, 0.05) is 32.7 Å². The first kappa shape index (κ1) is 74.9. The largest absolute Gasteiger partial charge is 0.456 e. The summed E-state index contributed by atoms with van der Waals surface area (Å²) < 4.78 is 12.9. The van der Waals surface area contributed by atoms with Crippen molar-refractivity contribution in [3.63, 3.8) is 0 Å². The standard InChI is InChI=1S/C50H30.2C40H24O/c1-3-20-40-37(17-1)38-18-5-7-23-44(38)50-45-24-8-6-22-42(45)46(30-48(40)50)34-15-10-13-32(27-34)31-12-9-14-33(26-31)36-28-35-16-11-25-43-39-19-2-4-21-41(39)47(29-36)49(35)43;1-2-10-25(11-3-1)30-17-8-20-35-36-21-9-18-31(40(36)41-39(30)35)27-13-6-12-26(22-27)29-23-28-14-7-19-34-32-15-4-5-16-33(32)37(24-29)38(28)34;1-2-8-25(9-3-1)28-16-18-38-35(22-28)36-23-29(17-19-39(36)41-38)26-10-6-11-27(20-26)31-21-30-12-7-15-34-32-13-4-5-14-33(32)37(24-31)40(30)34/h1-30H;2*1-24H. The van der Waals surface area contributed by atoms with Crippen molar-refractivity contribution in [2.45, 2.75) is 0 Å². The molecule has 0 atom stereocenters. The lowest BCUT2D eigenvalue weighted by atomic mass is 9.87. The van der Waals surface area contributed by atoms with E-state index in [2.05, 4.69) is 467 Å². The molecular weight excluding hydrogens is 1590 g/mol. The van der Waals surface area contributed by atoms with Gasteiger partial charge in [-0.15, -0.1) is 0 Å². The maximum absolute atomic E-state index is 6.71. The van der Waals surface area contributed by atoms with E-state index < -0.39 is 0 Å². The Morgan fingerprint density at radius 1 is 0.106 bits per heavy atom. The minimum absolute atomic E-state index is 0.914. The van der Waals surface area contributed by atoms with Gasteiger partial charge in [0.1, 0.15) is 22.3 Å². The predicted molar refractivity (Wildman–Crippen MR) is 559 cm³/mol. The molecule has 0 N–H and O–H groups in total. The summed E-state index contributed by atoms with van der Waals surface area (Å²) in [5.41, 5.74) is 41.3. The zero-order valence-electron chi connectivity index (χ0n) is 71.8. The second-order valence-corrected chi connectivity index (χ2v) is 35.4. The van der Waals surface area contributed by atoms with E-state index in [1.165, 1.54) is 220 Å². The Kier molecular flexibility index (Phi) is 17.1. The van der Waals surface area contributed by atoms with Gasteiger partial charge in [0.2, 0.25) is 0 Å². The van der Waals surface area contributed by atoms with Crippen molar-refractivity contribution in [2.75, 3.05) is 0 Å². The minimum atomic E-state index is 0.914. The van der Waals surface area contributed by atoms with Crippen LogP contribution in [0.4, 0.5) is 0 Å². The van der Waals surface area contributed by atoms with Crippen molar-refractivity contribution in [1.82, 2.24) is 0 Å². The Morgan fingerprint density at radius 2 is 0.386 bits per heavy atom. The van der Waals surface area contributed by atoms with Gasteiger partial charge < -0.3 is 8.83 Å². The number of benzene rings is 24. The highest BCUT2D eigenvalue weighted by molar-refractivity contribution is 6.33. The average molecular weight is 1670 g/mol. The molecule has 0 radical (unpaired) electrons. The van der Waals surface area contributed by atoms with Crippen LogP contribution in [-0.4, -0.2) is 0 Å². The molecular formula is C130H78O2. The Balaban J connectivity index is 0.000000102. The van der Waals surface area contributed by atoms with Crippen molar-refractivity contribution in [3.05, 3.63) is 473 Å². The van der Waals surface area contributed by atoms with E-state index in [0.29, 0.717) is 0 Å². The molecule has 0 saturated carbocycles. The fraction of sp³-hybridized carbons (Fsp3) is 0. The first-order valence-electron chi connectivity index (χ1n) is 45.6. The molecule has 0 amide bonds. The Morgan fingerprint density at radius 3 is 0.833 bits per heavy atom. The summed E-state index contributed by atoms with van der Waals surface area (Å²) in [6.45, 7) is 0. The normalized spacial score (nSPS) is 11.9. The molecule has 26 aromatic rings. The molecule has 132 heavy (non-hydrogen) atoms. The molecule has 2 nitrogen and oxygen atoms in total. The van der Waals surface area contributed by atoms with Crippen LogP contribution in [0.5, 0.6) is 0 Å². The summed E-state index contributed by atoms with van der Waals surface area (Å²) in [5.74, 6) is 0. The number of hydrogen-bond acceptors (Lipinski definition) is 2. The smallest absolute Gasteiger partial charge is 0.143 e. The molecule has 2 heteroatoms. The van der Waals surface area contributed by atoms with Crippen LogP contribution in [0.25, 0.3) is 286 Å². The predicted octanol–water partition coefficient (Wildman–Crippen LogP) is 36.9. The van der Waals surface area contributed by atoms with Crippen molar-refractivity contribution < 1.29 is 8.83 Å². The Labute approximate surface area is 762 Å². The monoisotopic (exact) mass is 1670 g/mol. The van der Waals surface area contributed by atoms with Gasteiger partial charge in [0.15, 0.2) is 0 Å². The van der Waals surface area contributed by atoms with E-state index in [1.807, 2.05) is 6.07 Å². The summed E-state index contributed by atoms with van der Waals surface area (Å²) in [6, 6.07) is 173. The molecule has 610 valence electrons. The number of fused-ring (bicyclic) bond motifs is 23. The van der Waals surface area contributed by atoms with Crippen LogP contribution in [-0.2, 0) is 0 Å². The van der Waals surface area contributed by atoms with Gasteiger partial charge in [-0.05, 0) is 322 Å². The molecule has 3 aliphatic carbocycles. The molecule has 0 spiro atoms. The molecule has 0 aliphatic heterocycles. The highest BCUT2D eigenvalue weighted by Crippen LogP contribution is 2.54. The summed E-state index contributed by atoms with van der Waals surface area (Å²) in [4.78, 5) is 0. The zero-order valence-corrected chi connectivity index (χ0v) is 71.8. The number of rotatable bonds is 9. The van der Waals surface area contributed by atoms with Crippen LogP contribution >= 0.6 is 0 Å². The van der Waals surface area contributed by atoms with Gasteiger partial charge in [-0.25, -0.2) is 0 Å². The van der Waals surface area contributed by atoms with Gasteiger partial charge in [-0.1, -0.05) is 382 Å². The Hall–Kier alpha value is -17.3. The van der Waals surface area contributed by atoms with Crippen LogP contribution in [0.2, 0.25) is 0 Å². The van der Waals surface area contributed by atoms with E-state index in [4.69, 9.17) is 8.83 Å².